The van der Waals surface area contributed by atoms with Crippen LogP contribution in [0.3, 0.4) is 0 Å². The fraction of sp³-hybridized carbons (Fsp3) is 0.364. The van der Waals surface area contributed by atoms with Crippen LogP contribution in [0, 0.1) is 11.6 Å². The Morgan fingerprint density at radius 1 is 1.22 bits per heavy atom. The monoisotopic (exact) mass is 463 g/mol. The van der Waals surface area contributed by atoms with Gasteiger partial charge in [-0.05, 0) is 18.2 Å². The van der Waals surface area contributed by atoms with Crippen molar-refractivity contribution < 1.29 is 27.8 Å². The highest BCUT2D eigenvalue weighted by molar-refractivity contribution is 7.22. The van der Waals surface area contributed by atoms with Gasteiger partial charge in [0.1, 0.15) is 11.3 Å². The third-order valence-electron chi connectivity index (χ3n) is 5.25. The minimum Gasteiger partial charge on any atom is -0.493 e. The first-order chi connectivity index (χ1) is 15.5. The molecule has 0 N–H and O–H groups in total. The Labute approximate surface area is 188 Å². The number of thiazole rings is 1. The maximum atomic E-state index is 14.3. The van der Waals surface area contributed by atoms with E-state index >= 15 is 0 Å². The first-order valence-electron chi connectivity index (χ1n) is 10.1. The third-order valence-corrected chi connectivity index (χ3v) is 6.28. The number of anilines is 1. The summed E-state index contributed by atoms with van der Waals surface area (Å²) in [4.78, 5) is 21.6. The van der Waals surface area contributed by atoms with E-state index in [0.717, 1.165) is 30.5 Å². The van der Waals surface area contributed by atoms with Gasteiger partial charge in [0.25, 0.3) is 5.91 Å². The first-order valence-corrected chi connectivity index (χ1v) is 10.9. The Hall–Kier alpha value is -2.82. The highest BCUT2D eigenvalue weighted by atomic mass is 32.1. The van der Waals surface area contributed by atoms with Gasteiger partial charge in [0.15, 0.2) is 22.4 Å². The molecule has 0 bridgehead atoms. The highest BCUT2D eigenvalue weighted by Crippen LogP contribution is 2.35. The number of carbonyl (C=O) groups is 1. The highest BCUT2D eigenvalue weighted by Gasteiger charge is 2.27. The summed E-state index contributed by atoms with van der Waals surface area (Å²) in [5, 5.41) is 0.285. The lowest BCUT2D eigenvalue weighted by Gasteiger charge is -2.29. The zero-order valence-corrected chi connectivity index (χ0v) is 18.6. The number of fused-ring (bicyclic) bond motifs is 1. The molecule has 1 fully saturated rings. The molecule has 0 aliphatic carbocycles. The molecule has 1 aromatic heterocycles. The van der Waals surface area contributed by atoms with Gasteiger partial charge < -0.3 is 14.2 Å². The number of halogens is 2. The summed E-state index contributed by atoms with van der Waals surface area (Å²) in [5.41, 5.74) is 0.327. The van der Waals surface area contributed by atoms with E-state index in [1.807, 2.05) is 0 Å². The molecule has 4 rings (SSSR count). The van der Waals surface area contributed by atoms with Crippen LogP contribution in [0.4, 0.5) is 13.9 Å². The van der Waals surface area contributed by atoms with Crippen LogP contribution in [0.15, 0.2) is 30.3 Å². The Bertz CT molecular complexity index is 1120. The molecule has 0 spiro atoms. The Balaban J connectivity index is 1.72. The Morgan fingerprint density at radius 2 is 2.00 bits per heavy atom. The number of benzene rings is 2. The summed E-state index contributed by atoms with van der Waals surface area (Å²) in [6.45, 7) is 3.65. The average Bonchev–Trinajstić information content (AvgIpc) is 3.23. The van der Waals surface area contributed by atoms with Crippen LogP contribution in [0.1, 0.15) is 10.4 Å². The van der Waals surface area contributed by atoms with Crippen molar-refractivity contribution in [2.45, 2.75) is 0 Å². The fourth-order valence-corrected chi connectivity index (χ4v) is 4.64. The van der Waals surface area contributed by atoms with Crippen molar-refractivity contribution in [2.75, 3.05) is 58.5 Å². The molecule has 2 aromatic carbocycles. The quantitative estimate of drug-likeness (QED) is 0.534. The summed E-state index contributed by atoms with van der Waals surface area (Å²) in [6, 6.07) is 7.04. The molecule has 0 atom stereocenters. The second kappa shape index (κ2) is 9.76. The Kier molecular flexibility index (Phi) is 6.83. The molecule has 1 amide bonds. The zero-order chi connectivity index (χ0) is 22.7. The van der Waals surface area contributed by atoms with Gasteiger partial charge in [0, 0.05) is 32.2 Å². The number of hydrogen-bond acceptors (Lipinski definition) is 7. The molecule has 1 aliphatic rings. The number of hydrogen-bond donors (Lipinski definition) is 0. The number of morpholine rings is 1. The zero-order valence-electron chi connectivity index (χ0n) is 17.8. The van der Waals surface area contributed by atoms with Crippen LogP contribution >= 0.6 is 11.3 Å². The molecule has 1 saturated heterocycles. The molecule has 3 aromatic rings. The van der Waals surface area contributed by atoms with E-state index in [4.69, 9.17) is 14.2 Å². The van der Waals surface area contributed by atoms with Gasteiger partial charge in [-0.25, -0.2) is 13.8 Å². The van der Waals surface area contributed by atoms with Gasteiger partial charge in [-0.15, -0.1) is 0 Å². The molecule has 0 unspecified atom stereocenters. The standard InChI is InChI=1S/C22H23F2N3O4S/c1-29-17-5-3-4-15(20(17)30-2)21(28)27(7-6-26-8-10-31-11-9-26)22-25-19-16(24)12-14(23)13-18(19)32-22/h3-5,12-13H,6-11H2,1-2H3. The SMILES string of the molecule is COc1cccc(C(=O)N(CCN2CCOCC2)c2nc3c(F)cc(F)cc3s2)c1OC. The van der Waals surface area contributed by atoms with E-state index < -0.39 is 11.6 Å². The number of carbonyl (C=O) groups excluding carboxylic acids is 1. The summed E-state index contributed by atoms with van der Waals surface area (Å²) < 4.78 is 44.5. The number of aromatic nitrogens is 1. The molecule has 0 saturated carbocycles. The van der Waals surface area contributed by atoms with E-state index in [2.05, 4.69) is 9.88 Å². The minimum atomic E-state index is -0.762. The van der Waals surface area contributed by atoms with E-state index in [1.165, 1.54) is 25.2 Å². The summed E-state index contributed by atoms with van der Waals surface area (Å²) in [6.07, 6.45) is 0. The molecule has 2 heterocycles. The van der Waals surface area contributed by atoms with Gasteiger partial charge in [0.05, 0.1) is 37.7 Å². The van der Waals surface area contributed by atoms with Crippen molar-refractivity contribution in [3.05, 3.63) is 47.5 Å². The predicted octanol–water partition coefficient (Wildman–Crippen LogP) is 3.57. The number of nitrogens with zero attached hydrogens (tertiary/aromatic N) is 3. The van der Waals surface area contributed by atoms with Gasteiger partial charge in [-0.3, -0.25) is 14.6 Å². The van der Waals surface area contributed by atoms with Crippen LogP contribution < -0.4 is 14.4 Å². The Morgan fingerprint density at radius 3 is 2.72 bits per heavy atom. The average molecular weight is 464 g/mol. The summed E-state index contributed by atoms with van der Waals surface area (Å²) in [7, 11) is 2.95. The van der Waals surface area contributed by atoms with E-state index in [9.17, 15) is 13.6 Å². The van der Waals surface area contributed by atoms with Crippen molar-refractivity contribution in [1.29, 1.82) is 0 Å². The van der Waals surface area contributed by atoms with E-state index in [1.54, 1.807) is 18.2 Å². The molecule has 1 aliphatic heterocycles. The van der Waals surface area contributed by atoms with Crippen LogP contribution in [0.2, 0.25) is 0 Å². The molecular formula is C22H23F2N3O4S. The molecule has 170 valence electrons. The van der Waals surface area contributed by atoms with Crippen LogP contribution in [-0.4, -0.2) is 69.4 Å². The van der Waals surface area contributed by atoms with Crippen molar-refractivity contribution in [3.63, 3.8) is 0 Å². The summed E-state index contributed by atoms with van der Waals surface area (Å²) in [5.74, 6) is -1.10. The maximum absolute atomic E-state index is 14.3. The van der Waals surface area contributed by atoms with E-state index in [0.29, 0.717) is 48.1 Å². The number of rotatable bonds is 7. The smallest absolute Gasteiger partial charge is 0.264 e. The molecule has 7 nitrogen and oxygen atoms in total. The van der Waals surface area contributed by atoms with E-state index in [-0.39, 0.29) is 16.6 Å². The minimum absolute atomic E-state index is 0.0354. The van der Waals surface area contributed by atoms with Gasteiger partial charge in [-0.2, -0.15) is 0 Å². The number of methoxy groups -OCH3 is 2. The summed E-state index contributed by atoms with van der Waals surface area (Å²) >= 11 is 1.07. The molecule has 0 radical (unpaired) electrons. The van der Waals surface area contributed by atoms with Crippen LogP contribution in [0.25, 0.3) is 10.2 Å². The fourth-order valence-electron chi connectivity index (χ4n) is 3.61. The molecule has 10 heteroatoms. The lowest BCUT2D eigenvalue weighted by Crippen LogP contribution is -2.43. The van der Waals surface area contributed by atoms with Crippen molar-refractivity contribution in [2.24, 2.45) is 0 Å². The third kappa shape index (κ3) is 4.52. The second-order valence-electron chi connectivity index (χ2n) is 7.18. The largest absolute Gasteiger partial charge is 0.493 e. The van der Waals surface area contributed by atoms with Crippen LogP contribution in [0.5, 0.6) is 11.5 Å². The first kappa shape index (κ1) is 22.4. The van der Waals surface area contributed by atoms with Gasteiger partial charge in [0.2, 0.25) is 0 Å². The lowest BCUT2D eigenvalue weighted by molar-refractivity contribution is 0.0391. The molecular weight excluding hydrogens is 440 g/mol. The predicted molar refractivity (Wildman–Crippen MR) is 118 cm³/mol. The lowest BCUT2D eigenvalue weighted by atomic mass is 10.1. The second-order valence-corrected chi connectivity index (χ2v) is 8.19. The van der Waals surface area contributed by atoms with Crippen molar-refractivity contribution in [1.82, 2.24) is 9.88 Å². The number of ether oxygens (including phenoxy) is 3. The number of para-hydroxylation sites is 1. The normalized spacial score (nSPS) is 14.5. The van der Waals surface area contributed by atoms with Crippen LogP contribution in [-0.2, 0) is 4.74 Å². The topological polar surface area (TPSA) is 64.1 Å². The van der Waals surface area contributed by atoms with Crippen molar-refractivity contribution in [3.8, 4) is 11.5 Å². The van der Waals surface area contributed by atoms with Crippen molar-refractivity contribution >= 4 is 32.6 Å². The molecule has 32 heavy (non-hydrogen) atoms. The maximum Gasteiger partial charge on any atom is 0.264 e. The van der Waals surface area contributed by atoms with Gasteiger partial charge >= 0.3 is 0 Å². The number of amides is 1. The van der Waals surface area contributed by atoms with Gasteiger partial charge in [-0.1, -0.05) is 17.4 Å².